The maximum atomic E-state index is 12.1. The van der Waals surface area contributed by atoms with Crippen LogP contribution in [0, 0.1) is 6.92 Å². The van der Waals surface area contributed by atoms with Crippen LogP contribution in [-0.4, -0.2) is 22.5 Å². The number of aryl methyl sites for hydroxylation is 2. The molecule has 0 bridgehead atoms. The van der Waals surface area contributed by atoms with Gasteiger partial charge in [0.1, 0.15) is 0 Å². The molecule has 0 fully saturated rings. The zero-order valence-corrected chi connectivity index (χ0v) is 14.0. The average Bonchev–Trinajstić information content (AvgIpc) is 3.03. The summed E-state index contributed by atoms with van der Waals surface area (Å²) in [6.07, 6.45) is 5.38. The van der Waals surface area contributed by atoms with E-state index in [4.69, 9.17) is 0 Å². The second-order valence-electron chi connectivity index (χ2n) is 5.87. The van der Waals surface area contributed by atoms with Crippen molar-refractivity contribution in [1.82, 2.24) is 15.3 Å². The van der Waals surface area contributed by atoms with E-state index in [0.717, 1.165) is 35.3 Å². The van der Waals surface area contributed by atoms with Gasteiger partial charge in [0.25, 0.3) is 0 Å². The molecule has 124 valence electrons. The molecule has 5 nitrogen and oxygen atoms in total. The molecule has 0 saturated carbocycles. The van der Waals surface area contributed by atoms with Crippen molar-refractivity contribution in [1.29, 1.82) is 0 Å². The van der Waals surface area contributed by atoms with E-state index in [2.05, 4.69) is 44.9 Å². The van der Waals surface area contributed by atoms with Crippen molar-refractivity contribution in [3.8, 4) is 0 Å². The molecule has 0 aliphatic heterocycles. The third kappa shape index (κ3) is 3.74. The number of hydrogen-bond acceptors (Lipinski definition) is 2. The zero-order valence-electron chi connectivity index (χ0n) is 14.0. The number of carbonyl (C=O) groups is 1. The van der Waals surface area contributed by atoms with Gasteiger partial charge < -0.3 is 15.6 Å². The third-order valence-corrected chi connectivity index (χ3v) is 4.07. The number of nitrogens with zero attached hydrogens (tertiary/aromatic N) is 1. The van der Waals surface area contributed by atoms with E-state index >= 15 is 0 Å². The Balaban J connectivity index is 1.55. The van der Waals surface area contributed by atoms with Gasteiger partial charge in [-0.2, -0.15) is 0 Å². The van der Waals surface area contributed by atoms with Crippen LogP contribution >= 0.6 is 0 Å². The standard InChI is InChI=1S/C19H22N4O/c1-3-15-12-22-13(2)10-18(15)23-19(24)21-8-6-14-4-5-17-16(11-14)7-9-20-17/h4-5,7,9-12,20H,3,6,8H2,1-2H3,(H2,21,22,23,24). The first kappa shape index (κ1) is 16.1. The maximum Gasteiger partial charge on any atom is 0.319 e. The minimum Gasteiger partial charge on any atom is -0.361 e. The van der Waals surface area contributed by atoms with Gasteiger partial charge in [-0.25, -0.2) is 4.79 Å². The van der Waals surface area contributed by atoms with E-state index in [1.54, 1.807) is 0 Å². The summed E-state index contributed by atoms with van der Waals surface area (Å²) in [7, 11) is 0. The summed E-state index contributed by atoms with van der Waals surface area (Å²) < 4.78 is 0. The topological polar surface area (TPSA) is 69.8 Å². The second-order valence-corrected chi connectivity index (χ2v) is 5.87. The van der Waals surface area contributed by atoms with Gasteiger partial charge in [-0.15, -0.1) is 0 Å². The van der Waals surface area contributed by atoms with Gasteiger partial charge in [0, 0.05) is 35.8 Å². The molecule has 0 aliphatic rings. The first-order valence-electron chi connectivity index (χ1n) is 8.22. The molecule has 3 aromatic rings. The van der Waals surface area contributed by atoms with Gasteiger partial charge in [0.05, 0.1) is 0 Å². The number of fused-ring (bicyclic) bond motifs is 1. The van der Waals surface area contributed by atoms with Crippen LogP contribution in [0.25, 0.3) is 10.9 Å². The van der Waals surface area contributed by atoms with E-state index < -0.39 is 0 Å². The Kier molecular flexibility index (Phi) is 4.79. The number of nitrogens with one attached hydrogen (secondary N) is 3. The quantitative estimate of drug-likeness (QED) is 0.669. The molecule has 1 aromatic carbocycles. The molecule has 0 saturated heterocycles. The monoisotopic (exact) mass is 322 g/mol. The number of carbonyl (C=O) groups excluding carboxylic acids is 1. The van der Waals surface area contributed by atoms with Crippen LogP contribution in [-0.2, 0) is 12.8 Å². The Bertz CT molecular complexity index is 853. The fraction of sp³-hybridized carbons (Fsp3) is 0.263. The van der Waals surface area contributed by atoms with Crippen molar-refractivity contribution in [3.05, 3.63) is 59.5 Å². The van der Waals surface area contributed by atoms with Crippen molar-refractivity contribution < 1.29 is 4.79 Å². The predicted octanol–water partition coefficient (Wildman–Crippen LogP) is 3.80. The van der Waals surface area contributed by atoms with Gasteiger partial charge >= 0.3 is 6.03 Å². The Hall–Kier alpha value is -2.82. The number of pyridine rings is 1. The molecule has 0 atom stereocenters. The first-order valence-corrected chi connectivity index (χ1v) is 8.22. The first-order chi connectivity index (χ1) is 11.7. The highest BCUT2D eigenvalue weighted by Gasteiger charge is 2.06. The lowest BCUT2D eigenvalue weighted by Crippen LogP contribution is -2.30. The number of H-pyrrole nitrogens is 1. The molecule has 5 heteroatoms. The Labute approximate surface area is 141 Å². The van der Waals surface area contributed by atoms with Crippen molar-refractivity contribution in [2.75, 3.05) is 11.9 Å². The van der Waals surface area contributed by atoms with Crippen LogP contribution in [0.3, 0.4) is 0 Å². The fourth-order valence-corrected chi connectivity index (χ4v) is 2.73. The van der Waals surface area contributed by atoms with E-state index in [1.807, 2.05) is 32.3 Å². The van der Waals surface area contributed by atoms with E-state index in [0.29, 0.717) is 6.54 Å². The molecule has 2 aromatic heterocycles. The second kappa shape index (κ2) is 7.17. The number of urea groups is 1. The lowest BCUT2D eigenvalue weighted by Gasteiger charge is -2.11. The van der Waals surface area contributed by atoms with Crippen LogP contribution in [0.4, 0.5) is 10.5 Å². The van der Waals surface area contributed by atoms with Crippen LogP contribution < -0.4 is 10.6 Å². The SMILES string of the molecule is CCc1cnc(C)cc1NC(=O)NCCc1ccc2[nH]ccc2c1. The summed E-state index contributed by atoms with van der Waals surface area (Å²) in [5.41, 5.74) is 5.09. The van der Waals surface area contributed by atoms with Crippen molar-refractivity contribution in [2.45, 2.75) is 26.7 Å². The van der Waals surface area contributed by atoms with Crippen LogP contribution in [0.15, 0.2) is 42.7 Å². The highest BCUT2D eigenvalue weighted by Crippen LogP contribution is 2.16. The summed E-state index contributed by atoms with van der Waals surface area (Å²) in [5, 5.41) is 7.02. The number of amides is 2. The minimum absolute atomic E-state index is 0.182. The number of hydrogen-bond donors (Lipinski definition) is 3. The highest BCUT2D eigenvalue weighted by molar-refractivity contribution is 5.90. The zero-order chi connectivity index (χ0) is 16.9. The summed E-state index contributed by atoms with van der Waals surface area (Å²) in [5.74, 6) is 0. The Morgan fingerprint density at radius 3 is 2.96 bits per heavy atom. The van der Waals surface area contributed by atoms with Crippen LogP contribution in [0.5, 0.6) is 0 Å². The van der Waals surface area contributed by atoms with Crippen molar-refractivity contribution in [3.63, 3.8) is 0 Å². The van der Waals surface area contributed by atoms with Crippen LogP contribution in [0.1, 0.15) is 23.7 Å². The normalized spacial score (nSPS) is 10.8. The van der Waals surface area contributed by atoms with Gasteiger partial charge in [-0.05, 0) is 60.5 Å². The summed E-state index contributed by atoms with van der Waals surface area (Å²) in [6.45, 7) is 4.56. The molecule has 3 N–H and O–H groups in total. The van der Waals surface area contributed by atoms with Crippen molar-refractivity contribution >= 4 is 22.6 Å². The minimum atomic E-state index is -0.182. The van der Waals surface area contributed by atoms with E-state index in [-0.39, 0.29) is 6.03 Å². The van der Waals surface area contributed by atoms with Gasteiger partial charge in [0.2, 0.25) is 0 Å². The number of anilines is 1. The van der Waals surface area contributed by atoms with Crippen molar-refractivity contribution in [2.24, 2.45) is 0 Å². The molecule has 0 aliphatic carbocycles. The van der Waals surface area contributed by atoms with E-state index in [9.17, 15) is 4.79 Å². The average molecular weight is 322 g/mol. The molecule has 2 heterocycles. The van der Waals surface area contributed by atoms with Gasteiger partial charge in [0.15, 0.2) is 0 Å². The van der Waals surface area contributed by atoms with Gasteiger partial charge in [-0.1, -0.05) is 13.0 Å². The third-order valence-electron chi connectivity index (χ3n) is 4.07. The molecular formula is C19H22N4O. The lowest BCUT2D eigenvalue weighted by molar-refractivity contribution is 0.252. The predicted molar refractivity (Wildman–Crippen MR) is 97.4 cm³/mol. The number of aromatic amines is 1. The maximum absolute atomic E-state index is 12.1. The highest BCUT2D eigenvalue weighted by atomic mass is 16.2. The molecule has 2 amide bonds. The molecule has 3 rings (SSSR count). The van der Waals surface area contributed by atoms with E-state index in [1.165, 1.54) is 10.9 Å². The summed E-state index contributed by atoms with van der Waals surface area (Å²) in [4.78, 5) is 19.6. The summed E-state index contributed by atoms with van der Waals surface area (Å²) in [6, 6.07) is 10.1. The molecule has 0 radical (unpaired) electrons. The number of benzene rings is 1. The number of rotatable bonds is 5. The van der Waals surface area contributed by atoms with Crippen LogP contribution in [0.2, 0.25) is 0 Å². The molecule has 24 heavy (non-hydrogen) atoms. The fourth-order valence-electron chi connectivity index (χ4n) is 2.73. The molecule has 0 spiro atoms. The van der Waals surface area contributed by atoms with Gasteiger partial charge in [-0.3, -0.25) is 4.98 Å². The Morgan fingerprint density at radius 2 is 2.12 bits per heavy atom. The number of aromatic nitrogens is 2. The smallest absolute Gasteiger partial charge is 0.319 e. The molecular weight excluding hydrogens is 300 g/mol. The lowest BCUT2D eigenvalue weighted by atomic mass is 10.1. The summed E-state index contributed by atoms with van der Waals surface area (Å²) >= 11 is 0. The Morgan fingerprint density at radius 1 is 1.25 bits per heavy atom. The molecule has 0 unspecified atom stereocenters. The largest absolute Gasteiger partial charge is 0.361 e.